The molecule has 16 heavy (non-hydrogen) atoms. The number of amides is 1. The van der Waals surface area contributed by atoms with Gasteiger partial charge < -0.3 is 4.74 Å². The van der Waals surface area contributed by atoms with E-state index in [1.54, 1.807) is 4.90 Å². The fourth-order valence-corrected chi connectivity index (χ4v) is 1.84. The molecular formula is C12H21NO3. The van der Waals surface area contributed by atoms with Crippen molar-refractivity contribution < 1.29 is 14.3 Å². The van der Waals surface area contributed by atoms with E-state index in [0.717, 1.165) is 12.8 Å². The van der Waals surface area contributed by atoms with Crippen molar-refractivity contribution in [1.29, 1.82) is 0 Å². The minimum Gasteiger partial charge on any atom is -0.444 e. The Labute approximate surface area is 96.9 Å². The first-order chi connectivity index (χ1) is 7.33. The van der Waals surface area contributed by atoms with E-state index in [-0.39, 0.29) is 24.5 Å². The SMILES string of the molecule is CCC1CCC(=O)CN1C(=O)OC(C)(C)C. The number of rotatable bonds is 1. The lowest BCUT2D eigenvalue weighted by Gasteiger charge is -2.35. The lowest BCUT2D eigenvalue weighted by atomic mass is 10.00. The van der Waals surface area contributed by atoms with Gasteiger partial charge in [0.25, 0.3) is 0 Å². The van der Waals surface area contributed by atoms with Crippen LogP contribution in [-0.4, -0.2) is 35.0 Å². The quantitative estimate of drug-likeness (QED) is 0.691. The Morgan fingerprint density at radius 2 is 2.12 bits per heavy atom. The van der Waals surface area contributed by atoms with Gasteiger partial charge in [0, 0.05) is 12.5 Å². The molecule has 0 aliphatic carbocycles. The maximum atomic E-state index is 11.9. The van der Waals surface area contributed by atoms with Gasteiger partial charge in [0.1, 0.15) is 5.60 Å². The van der Waals surface area contributed by atoms with Crippen molar-refractivity contribution in [1.82, 2.24) is 4.90 Å². The van der Waals surface area contributed by atoms with Crippen LogP contribution in [0.25, 0.3) is 0 Å². The van der Waals surface area contributed by atoms with E-state index in [0.29, 0.717) is 6.42 Å². The van der Waals surface area contributed by atoms with Gasteiger partial charge in [0.05, 0.1) is 6.54 Å². The van der Waals surface area contributed by atoms with E-state index in [4.69, 9.17) is 4.74 Å². The summed E-state index contributed by atoms with van der Waals surface area (Å²) in [6, 6.07) is 0.146. The van der Waals surface area contributed by atoms with Gasteiger partial charge in [-0.05, 0) is 33.6 Å². The Kier molecular flexibility index (Phi) is 3.94. The summed E-state index contributed by atoms with van der Waals surface area (Å²) in [7, 11) is 0. The number of ketones is 1. The molecule has 1 unspecified atom stereocenters. The van der Waals surface area contributed by atoms with Gasteiger partial charge in [0.15, 0.2) is 5.78 Å². The number of hydrogen-bond donors (Lipinski definition) is 0. The summed E-state index contributed by atoms with van der Waals surface area (Å²) in [5.41, 5.74) is -0.504. The van der Waals surface area contributed by atoms with E-state index < -0.39 is 5.60 Å². The molecule has 1 atom stereocenters. The molecule has 4 nitrogen and oxygen atoms in total. The van der Waals surface area contributed by atoms with E-state index >= 15 is 0 Å². The van der Waals surface area contributed by atoms with Crippen LogP contribution in [0.2, 0.25) is 0 Å². The Morgan fingerprint density at radius 3 is 2.62 bits per heavy atom. The van der Waals surface area contributed by atoms with Crippen molar-refractivity contribution in [2.45, 2.75) is 58.6 Å². The highest BCUT2D eigenvalue weighted by atomic mass is 16.6. The number of ether oxygens (including phenoxy) is 1. The van der Waals surface area contributed by atoms with Crippen LogP contribution < -0.4 is 0 Å². The molecule has 0 spiro atoms. The minimum absolute atomic E-state index is 0.121. The monoisotopic (exact) mass is 227 g/mol. The number of nitrogens with zero attached hydrogens (tertiary/aromatic N) is 1. The molecule has 0 aromatic heterocycles. The summed E-state index contributed by atoms with van der Waals surface area (Å²) in [5.74, 6) is 0.121. The largest absolute Gasteiger partial charge is 0.444 e. The van der Waals surface area contributed by atoms with Crippen molar-refractivity contribution in [2.24, 2.45) is 0 Å². The Morgan fingerprint density at radius 1 is 1.50 bits per heavy atom. The summed E-state index contributed by atoms with van der Waals surface area (Å²) in [5, 5.41) is 0. The fraction of sp³-hybridized carbons (Fsp3) is 0.833. The molecule has 0 N–H and O–H groups in total. The van der Waals surface area contributed by atoms with Crippen molar-refractivity contribution in [3.63, 3.8) is 0 Å². The van der Waals surface area contributed by atoms with E-state index in [1.165, 1.54) is 0 Å². The number of Topliss-reactive ketones (excluding diaryl/α,β-unsaturated/α-hetero) is 1. The van der Waals surface area contributed by atoms with Crippen molar-refractivity contribution >= 4 is 11.9 Å². The van der Waals surface area contributed by atoms with Crippen LogP contribution in [0.15, 0.2) is 0 Å². The first-order valence-corrected chi connectivity index (χ1v) is 5.85. The molecular weight excluding hydrogens is 206 g/mol. The van der Waals surface area contributed by atoms with Crippen LogP contribution in [0.3, 0.4) is 0 Å². The van der Waals surface area contributed by atoms with Gasteiger partial charge in [-0.25, -0.2) is 4.79 Å². The number of piperidine rings is 1. The summed E-state index contributed by atoms with van der Waals surface area (Å²) in [4.78, 5) is 24.8. The second-order valence-electron chi connectivity index (χ2n) is 5.25. The Hall–Kier alpha value is -1.06. The third-order valence-electron chi connectivity index (χ3n) is 2.64. The smallest absolute Gasteiger partial charge is 0.410 e. The number of carbonyl (C=O) groups is 2. The van der Waals surface area contributed by atoms with E-state index in [1.807, 2.05) is 27.7 Å². The molecule has 1 fully saturated rings. The van der Waals surface area contributed by atoms with Crippen LogP contribution in [0, 0.1) is 0 Å². The molecule has 92 valence electrons. The second-order valence-corrected chi connectivity index (χ2v) is 5.25. The maximum absolute atomic E-state index is 11.9. The van der Waals surface area contributed by atoms with Crippen LogP contribution in [0.5, 0.6) is 0 Å². The highest BCUT2D eigenvalue weighted by molar-refractivity contribution is 5.85. The maximum Gasteiger partial charge on any atom is 0.410 e. The third kappa shape index (κ3) is 3.51. The molecule has 4 heteroatoms. The summed E-state index contributed by atoms with van der Waals surface area (Å²) < 4.78 is 5.29. The predicted molar refractivity (Wildman–Crippen MR) is 61.3 cm³/mol. The van der Waals surface area contributed by atoms with Crippen molar-refractivity contribution in [2.75, 3.05) is 6.54 Å². The van der Waals surface area contributed by atoms with Gasteiger partial charge in [-0.1, -0.05) is 6.92 Å². The lowest BCUT2D eigenvalue weighted by molar-refractivity contribution is -0.123. The number of carbonyl (C=O) groups excluding carboxylic acids is 2. The lowest BCUT2D eigenvalue weighted by Crippen LogP contribution is -2.48. The van der Waals surface area contributed by atoms with Crippen LogP contribution in [0.1, 0.15) is 47.0 Å². The summed E-state index contributed by atoms with van der Waals surface area (Å²) in [6.07, 6.45) is 1.84. The molecule has 1 rings (SSSR count). The molecule has 0 radical (unpaired) electrons. The topological polar surface area (TPSA) is 46.6 Å². The standard InChI is InChI=1S/C12H21NO3/c1-5-9-6-7-10(14)8-13(9)11(15)16-12(2,3)4/h9H,5-8H2,1-4H3. The molecule has 1 amide bonds. The molecule has 0 saturated carbocycles. The summed E-state index contributed by atoms with van der Waals surface area (Å²) >= 11 is 0. The minimum atomic E-state index is -0.504. The van der Waals surface area contributed by atoms with Gasteiger partial charge in [-0.2, -0.15) is 0 Å². The van der Waals surface area contributed by atoms with Crippen LogP contribution in [-0.2, 0) is 9.53 Å². The van der Waals surface area contributed by atoms with Crippen molar-refractivity contribution in [3.8, 4) is 0 Å². The van der Waals surface area contributed by atoms with Crippen LogP contribution in [0.4, 0.5) is 4.79 Å². The molecule has 1 heterocycles. The fourth-order valence-electron chi connectivity index (χ4n) is 1.84. The molecule has 0 aromatic carbocycles. The van der Waals surface area contributed by atoms with E-state index in [9.17, 15) is 9.59 Å². The zero-order chi connectivity index (χ0) is 12.3. The highest BCUT2D eigenvalue weighted by Gasteiger charge is 2.32. The van der Waals surface area contributed by atoms with E-state index in [2.05, 4.69) is 0 Å². The molecule has 0 aromatic rings. The normalized spacial score (nSPS) is 22.1. The second kappa shape index (κ2) is 4.85. The molecule has 1 aliphatic rings. The van der Waals surface area contributed by atoms with Crippen LogP contribution >= 0.6 is 0 Å². The molecule has 1 aliphatic heterocycles. The number of likely N-dealkylation sites (tertiary alicyclic amines) is 1. The average molecular weight is 227 g/mol. The van der Waals surface area contributed by atoms with Gasteiger partial charge in [-0.15, -0.1) is 0 Å². The number of hydrogen-bond acceptors (Lipinski definition) is 3. The first kappa shape index (κ1) is 13.0. The van der Waals surface area contributed by atoms with Gasteiger partial charge >= 0.3 is 6.09 Å². The zero-order valence-corrected chi connectivity index (χ0v) is 10.6. The molecule has 0 bridgehead atoms. The Bertz CT molecular complexity index is 280. The average Bonchev–Trinajstić information content (AvgIpc) is 2.15. The van der Waals surface area contributed by atoms with Crippen molar-refractivity contribution in [3.05, 3.63) is 0 Å². The Balaban J connectivity index is 2.67. The van der Waals surface area contributed by atoms with Gasteiger partial charge in [-0.3, -0.25) is 9.69 Å². The third-order valence-corrected chi connectivity index (χ3v) is 2.64. The summed E-state index contributed by atoms with van der Waals surface area (Å²) in [6.45, 7) is 7.72. The first-order valence-electron chi connectivity index (χ1n) is 5.85. The predicted octanol–water partition coefficient (Wildman–Crippen LogP) is 2.37. The molecule has 1 saturated heterocycles. The zero-order valence-electron chi connectivity index (χ0n) is 10.6. The highest BCUT2D eigenvalue weighted by Crippen LogP contribution is 2.20. The van der Waals surface area contributed by atoms with Gasteiger partial charge in [0.2, 0.25) is 0 Å².